The molecule has 32 heavy (non-hydrogen) atoms. The zero-order valence-corrected chi connectivity index (χ0v) is 18.9. The van der Waals surface area contributed by atoms with Crippen molar-refractivity contribution >= 4 is 5.91 Å². The van der Waals surface area contributed by atoms with E-state index in [1.165, 1.54) is 5.56 Å². The molecule has 5 aliphatic rings. The Balaban J connectivity index is 1.19. The van der Waals surface area contributed by atoms with Gasteiger partial charge in [0.2, 0.25) is 5.91 Å². The van der Waals surface area contributed by atoms with Crippen molar-refractivity contribution in [2.75, 3.05) is 39.5 Å². The van der Waals surface area contributed by atoms with E-state index in [1.807, 2.05) is 12.1 Å². The molecule has 2 N–H and O–H groups in total. The molecule has 6 rings (SSSR count). The summed E-state index contributed by atoms with van der Waals surface area (Å²) in [4.78, 5) is 15.6. The van der Waals surface area contributed by atoms with Crippen LogP contribution in [0.5, 0.6) is 5.75 Å². The molecule has 0 atom stereocenters. The topological polar surface area (TPSA) is 64.8 Å². The van der Waals surface area contributed by atoms with Crippen LogP contribution in [-0.4, -0.2) is 50.3 Å². The van der Waals surface area contributed by atoms with E-state index in [4.69, 9.17) is 15.2 Å². The van der Waals surface area contributed by atoms with Crippen molar-refractivity contribution in [3.05, 3.63) is 41.7 Å². The number of ether oxygens (including phenoxy) is 2. The molecule has 2 bridgehead atoms. The molecule has 6 heteroatoms. The molecule has 5 nitrogen and oxygen atoms in total. The first-order valence-corrected chi connectivity index (χ1v) is 12.1. The monoisotopic (exact) mass is 442 g/mol. The van der Waals surface area contributed by atoms with Crippen molar-refractivity contribution in [3.8, 4) is 5.75 Å². The van der Waals surface area contributed by atoms with Crippen LogP contribution < -0.4 is 10.5 Å². The van der Waals surface area contributed by atoms with Crippen LogP contribution >= 0.6 is 0 Å². The molecule has 3 aliphatic carbocycles. The molecule has 1 amide bonds. The van der Waals surface area contributed by atoms with Crippen LogP contribution in [0, 0.1) is 10.8 Å². The lowest BCUT2D eigenvalue weighted by molar-refractivity contribution is -0.167. The highest BCUT2D eigenvalue weighted by Crippen LogP contribution is 2.59. The lowest BCUT2D eigenvalue weighted by atomic mass is 9.51. The fourth-order valence-corrected chi connectivity index (χ4v) is 6.52. The first kappa shape index (κ1) is 21.9. The molecule has 0 aromatic heterocycles. The Labute approximate surface area is 190 Å². The lowest BCUT2D eigenvalue weighted by Crippen LogP contribution is -2.64. The van der Waals surface area contributed by atoms with Crippen LogP contribution in [0.25, 0.3) is 0 Å². The Morgan fingerprint density at radius 2 is 1.66 bits per heavy atom. The molecule has 0 radical (unpaired) electrons. The number of nitrogens with zero attached hydrogens (tertiary/aromatic N) is 1. The first-order chi connectivity index (χ1) is 15.5. The van der Waals surface area contributed by atoms with Crippen LogP contribution in [0.15, 0.2) is 36.2 Å². The molecule has 2 heterocycles. The van der Waals surface area contributed by atoms with E-state index >= 15 is 0 Å². The van der Waals surface area contributed by atoms with Crippen LogP contribution in [0.4, 0.5) is 4.39 Å². The Morgan fingerprint density at radius 1 is 1.03 bits per heavy atom. The van der Waals surface area contributed by atoms with E-state index in [1.54, 1.807) is 0 Å². The molecule has 1 aromatic carbocycles. The molecule has 1 aromatic rings. The molecule has 5 fully saturated rings. The van der Waals surface area contributed by atoms with Crippen LogP contribution in [-0.2, 0) is 14.9 Å². The highest BCUT2D eigenvalue weighted by atomic mass is 19.1. The third-order valence-corrected chi connectivity index (χ3v) is 8.90. The number of amides is 1. The van der Waals surface area contributed by atoms with Gasteiger partial charge in [0.05, 0.1) is 6.33 Å². The van der Waals surface area contributed by atoms with Crippen LogP contribution in [0.1, 0.15) is 56.9 Å². The molecule has 3 saturated carbocycles. The Morgan fingerprint density at radius 3 is 2.22 bits per heavy atom. The summed E-state index contributed by atoms with van der Waals surface area (Å²) in [6, 6.07) is 8.26. The number of likely N-dealkylation sites (tertiary alicyclic amines) is 1. The maximum absolute atomic E-state index is 13.5. The summed E-state index contributed by atoms with van der Waals surface area (Å²) in [5.41, 5.74) is 7.66. The summed E-state index contributed by atoms with van der Waals surface area (Å²) in [6.45, 7) is 3.90. The average Bonchev–Trinajstić information content (AvgIpc) is 2.84. The first-order valence-electron chi connectivity index (χ1n) is 12.1. The second kappa shape index (κ2) is 8.45. The number of rotatable bonds is 6. The smallest absolute Gasteiger partial charge is 0.228 e. The van der Waals surface area contributed by atoms with Gasteiger partial charge in [-0.05, 0) is 74.5 Å². The number of carbonyl (C=O) groups is 1. The third kappa shape index (κ3) is 3.75. The second-order valence-electron chi connectivity index (χ2n) is 10.6. The number of carbonyl (C=O) groups excluding carboxylic acids is 1. The van der Waals surface area contributed by atoms with E-state index in [0.29, 0.717) is 23.2 Å². The van der Waals surface area contributed by atoms with Gasteiger partial charge in [0.25, 0.3) is 0 Å². The summed E-state index contributed by atoms with van der Waals surface area (Å²) in [5.74, 6) is 1.15. The largest absolute Gasteiger partial charge is 0.489 e. The van der Waals surface area contributed by atoms with Gasteiger partial charge in [-0.25, -0.2) is 4.39 Å². The van der Waals surface area contributed by atoms with Crippen LogP contribution in [0.3, 0.4) is 0 Å². The zero-order valence-electron chi connectivity index (χ0n) is 18.9. The third-order valence-electron chi connectivity index (χ3n) is 8.90. The van der Waals surface area contributed by atoms with Crippen molar-refractivity contribution in [1.29, 1.82) is 0 Å². The second-order valence-corrected chi connectivity index (χ2v) is 10.6. The molecular formula is C26H35FN2O3. The predicted octanol–water partition coefficient (Wildman–Crippen LogP) is 4.11. The van der Waals surface area contributed by atoms with Crippen LogP contribution in [0.2, 0.25) is 0 Å². The Bertz CT molecular complexity index is 843. The normalized spacial score (nSPS) is 31.4. The summed E-state index contributed by atoms with van der Waals surface area (Å²) in [6.07, 6.45) is 8.95. The average molecular weight is 443 g/mol. The van der Waals surface area contributed by atoms with Crippen molar-refractivity contribution in [2.24, 2.45) is 16.6 Å². The number of fused-ring (bicyclic) bond motifs is 3. The van der Waals surface area contributed by atoms with E-state index < -0.39 is 0 Å². The SMILES string of the molecule is NC/C(=C\F)COc1ccc(C23CCC(C(=O)N4CC5(CCOCC5)C4)(CC2)CC3)cc1. The fourth-order valence-electron chi connectivity index (χ4n) is 6.52. The highest BCUT2D eigenvalue weighted by Gasteiger charge is 2.56. The molecule has 2 saturated heterocycles. The number of halogens is 1. The minimum atomic E-state index is -0.130. The molecule has 0 unspecified atom stereocenters. The van der Waals surface area contributed by atoms with Gasteiger partial charge in [0.1, 0.15) is 12.4 Å². The number of hydrogen-bond donors (Lipinski definition) is 1. The number of benzene rings is 1. The standard InChI is InChI=1S/C26H35FN2O3/c27-15-20(16-28)17-32-22-3-1-21(2-4-22)25-5-8-26(9-6-25,10-7-25)23(30)29-18-24(19-29)11-13-31-14-12-24/h1-4,15H,5-14,16-19,28H2/b20-15+. The van der Waals surface area contributed by atoms with Gasteiger partial charge in [-0.2, -0.15) is 0 Å². The van der Waals surface area contributed by atoms with Crippen molar-refractivity contribution in [2.45, 2.75) is 56.8 Å². The van der Waals surface area contributed by atoms with E-state index in [0.717, 1.165) is 83.4 Å². The minimum absolute atomic E-state index is 0.130. The number of hydrogen-bond acceptors (Lipinski definition) is 4. The minimum Gasteiger partial charge on any atom is -0.489 e. The molecule has 1 spiro atoms. The maximum atomic E-state index is 13.5. The van der Waals surface area contributed by atoms with Gasteiger partial charge >= 0.3 is 0 Å². The molecular weight excluding hydrogens is 407 g/mol. The summed E-state index contributed by atoms with van der Waals surface area (Å²) in [7, 11) is 0. The van der Waals surface area contributed by atoms with Gasteiger partial charge in [-0.3, -0.25) is 4.79 Å². The van der Waals surface area contributed by atoms with Gasteiger partial charge in [0.15, 0.2) is 0 Å². The van der Waals surface area contributed by atoms with E-state index in [-0.39, 0.29) is 24.0 Å². The molecule has 174 valence electrons. The summed E-state index contributed by atoms with van der Waals surface area (Å²) in [5, 5.41) is 0. The fraction of sp³-hybridized carbons (Fsp3) is 0.654. The van der Waals surface area contributed by atoms with Crippen molar-refractivity contribution < 1.29 is 18.7 Å². The lowest BCUT2D eigenvalue weighted by Gasteiger charge is -2.58. The maximum Gasteiger partial charge on any atom is 0.228 e. The van der Waals surface area contributed by atoms with Gasteiger partial charge in [-0.1, -0.05) is 12.1 Å². The van der Waals surface area contributed by atoms with E-state index in [9.17, 15) is 9.18 Å². The van der Waals surface area contributed by atoms with Gasteiger partial charge < -0.3 is 20.1 Å². The molecule has 2 aliphatic heterocycles. The highest BCUT2D eigenvalue weighted by molar-refractivity contribution is 5.84. The summed E-state index contributed by atoms with van der Waals surface area (Å²) < 4.78 is 23.9. The summed E-state index contributed by atoms with van der Waals surface area (Å²) >= 11 is 0. The Hall–Kier alpha value is -1.92. The van der Waals surface area contributed by atoms with Crippen molar-refractivity contribution in [1.82, 2.24) is 4.90 Å². The van der Waals surface area contributed by atoms with Gasteiger partial charge in [-0.15, -0.1) is 0 Å². The van der Waals surface area contributed by atoms with E-state index in [2.05, 4.69) is 17.0 Å². The Kier molecular flexibility index (Phi) is 5.79. The van der Waals surface area contributed by atoms with Gasteiger partial charge in [0, 0.05) is 49.3 Å². The van der Waals surface area contributed by atoms with Crippen molar-refractivity contribution in [3.63, 3.8) is 0 Å². The number of nitrogens with two attached hydrogens (primary N) is 1. The quantitative estimate of drug-likeness (QED) is 0.720. The zero-order chi connectivity index (χ0) is 22.2. The predicted molar refractivity (Wildman–Crippen MR) is 121 cm³/mol.